The minimum atomic E-state index is -5.30. The second-order valence-corrected chi connectivity index (χ2v) is 7.98. The molecule has 1 aliphatic rings. The van der Waals surface area contributed by atoms with Crippen LogP contribution in [0, 0.1) is 6.92 Å². The summed E-state index contributed by atoms with van der Waals surface area (Å²) in [6.07, 6.45) is 1.89. The summed E-state index contributed by atoms with van der Waals surface area (Å²) in [5, 5.41) is 3.62. The molecule has 26 heavy (non-hydrogen) atoms. The van der Waals surface area contributed by atoms with Gasteiger partial charge in [0.15, 0.2) is 0 Å². The highest BCUT2D eigenvalue weighted by molar-refractivity contribution is 7.90. The van der Waals surface area contributed by atoms with Crippen molar-refractivity contribution in [1.82, 2.24) is 19.3 Å². The molecule has 142 valence electrons. The Balaban J connectivity index is 1.69. The molecule has 0 unspecified atom stereocenters. The van der Waals surface area contributed by atoms with Gasteiger partial charge in [-0.25, -0.2) is 13.4 Å². The summed E-state index contributed by atoms with van der Waals surface area (Å²) in [4.78, 5) is 22.6. The first-order valence-electron chi connectivity index (χ1n) is 7.77. The molecular weight excluding hydrogens is 375 g/mol. The van der Waals surface area contributed by atoms with E-state index in [-0.39, 0.29) is 43.5 Å². The van der Waals surface area contributed by atoms with Crippen molar-refractivity contribution in [1.29, 1.82) is 0 Å². The van der Waals surface area contributed by atoms with Gasteiger partial charge in [0.2, 0.25) is 5.95 Å². The third-order valence-corrected chi connectivity index (χ3v) is 5.83. The molecule has 2 aromatic heterocycles. The molecule has 1 saturated heterocycles. The van der Waals surface area contributed by atoms with Crippen LogP contribution in [-0.4, -0.2) is 52.3 Å². The lowest BCUT2D eigenvalue weighted by molar-refractivity contribution is -0.0494. The summed E-state index contributed by atoms with van der Waals surface area (Å²) < 4.78 is 61.0. The van der Waals surface area contributed by atoms with Gasteiger partial charge in [-0.05, 0) is 25.8 Å². The van der Waals surface area contributed by atoms with Crippen LogP contribution in [0.2, 0.25) is 0 Å². The number of nitrogens with zero attached hydrogens (tertiary/aromatic N) is 3. The Labute approximate surface area is 146 Å². The van der Waals surface area contributed by atoms with Crippen molar-refractivity contribution < 1.29 is 21.6 Å². The summed E-state index contributed by atoms with van der Waals surface area (Å²) in [5.74, 6) is 0.217. The van der Waals surface area contributed by atoms with Crippen LogP contribution in [0.25, 0.3) is 11.0 Å². The van der Waals surface area contributed by atoms with Crippen molar-refractivity contribution in [3.05, 3.63) is 28.2 Å². The van der Waals surface area contributed by atoms with E-state index in [1.807, 2.05) is 0 Å². The fourth-order valence-corrected chi connectivity index (χ4v) is 3.73. The Morgan fingerprint density at radius 2 is 1.96 bits per heavy atom. The second kappa shape index (κ2) is 6.50. The molecule has 1 aliphatic heterocycles. The highest BCUT2D eigenvalue weighted by atomic mass is 32.2. The number of alkyl halides is 3. The van der Waals surface area contributed by atoms with Gasteiger partial charge >= 0.3 is 15.5 Å². The van der Waals surface area contributed by atoms with Crippen LogP contribution < -0.4 is 10.9 Å². The lowest BCUT2D eigenvalue weighted by Crippen LogP contribution is -2.47. The summed E-state index contributed by atoms with van der Waals surface area (Å²) in [5.41, 5.74) is -4.69. The molecule has 8 nitrogen and oxygen atoms in total. The number of rotatable bonds is 3. The summed E-state index contributed by atoms with van der Waals surface area (Å²) >= 11 is 0. The maximum absolute atomic E-state index is 12.6. The van der Waals surface area contributed by atoms with E-state index in [1.165, 1.54) is 6.20 Å². The number of nitrogens with one attached hydrogen (secondary N) is 2. The first kappa shape index (κ1) is 18.6. The molecule has 0 radical (unpaired) electrons. The number of hydrogen-bond acceptors (Lipinski definition) is 6. The predicted octanol–water partition coefficient (Wildman–Crippen LogP) is 1.35. The molecule has 3 heterocycles. The van der Waals surface area contributed by atoms with E-state index in [4.69, 9.17) is 0 Å². The van der Waals surface area contributed by atoms with Crippen LogP contribution in [0.4, 0.5) is 19.1 Å². The van der Waals surface area contributed by atoms with Gasteiger partial charge in [-0.2, -0.15) is 22.5 Å². The van der Waals surface area contributed by atoms with Gasteiger partial charge in [-0.3, -0.25) is 4.79 Å². The monoisotopic (exact) mass is 391 g/mol. The zero-order valence-corrected chi connectivity index (χ0v) is 14.5. The molecule has 0 bridgehead atoms. The quantitative estimate of drug-likeness (QED) is 0.818. The molecule has 0 spiro atoms. The Hall–Kier alpha value is -2.21. The molecular formula is C14H16F3N5O3S. The Kier molecular flexibility index (Phi) is 4.65. The smallest absolute Gasteiger partial charge is 0.351 e. The van der Waals surface area contributed by atoms with Gasteiger partial charge in [-0.1, -0.05) is 0 Å². The largest absolute Gasteiger partial charge is 0.511 e. The zero-order valence-electron chi connectivity index (χ0n) is 13.7. The number of aromatic nitrogens is 3. The molecule has 0 amide bonds. The lowest BCUT2D eigenvalue weighted by Gasteiger charge is -2.31. The van der Waals surface area contributed by atoms with Gasteiger partial charge < -0.3 is 10.3 Å². The van der Waals surface area contributed by atoms with Crippen LogP contribution in [0.15, 0.2) is 17.1 Å². The number of halogens is 3. The second-order valence-electron chi connectivity index (χ2n) is 6.05. The lowest BCUT2D eigenvalue weighted by atomic mass is 10.1. The standard InChI is InChI=1S/C14H16F3N5O3S/c1-8-6-9-7-18-13(21-11(9)20-12(8)23)19-10-2-4-22(5-3-10)26(24,25)14(15,16)17/h6-7,10H,2-5H2,1H3,(H2,18,19,20,21,23). The van der Waals surface area contributed by atoms with Crippen LogP contribution in [0.1, 0.15) is 18.4 Å². The number of sulfonamides is 1. The van der Waals surface area contributed by atoms with Crippen molar-refractivity contribution in [2.45, 2.75) is 31.3 Å². The van der Waals surface area contributed by atoms with E-state index in [9.17, 15) is 26.4 Å². The number of hydrogen-bond donors (Lipinski definition) is 2. The summed E-state index contributed by atoms with van der Waals surface area (Å²) in [6, 6.07) is 1.38. The van der Waals surface area contributed by atoms with E-state index < -0.39 is 15.5 Å². The third kappa shape index (κ3) is 3.51. The molecule has 3 rings (SSSR count). The Bertz CT molecular complexity index is 981. The molecule has 0 saturated carbocycles. The Morgan fingerprint density at radius 3 is 2.58 bits per heavy atom. The SMILES string of the molecule is Cc1cc2cnc(NC3CCN(S(=O)(=O)C(F)(F)F)CC3)nc2[nH]c1=O. The van der Waals surface area contributed by atoms with Gasteiger partial charge in [0.25, 0.3) is 5.56 Å². The van der Waals surface area contributed by atoms with E-state index in [0.717, 1.165) is 0 Å². The molecule has 1 fully saturated rings. The molecule has 2 N–H and O–H groups in total. The van der Waals surface area contributed by atoms with Crippen LogP contribution in [-0.2, 0) is 10.0 Å². The fourth-order valence-electron chi connectivity index (χ4n) is 2.74. The van der Waals surface area contributed by atoms with Gasteiger partial charge in [0.1, 0.15) is 5.65 Å². The number of aryl methyl sites for hydroxylation is 1. The van der Waals surface area contributed by atoms with Crippen molar-refractivity contribution in [2.75, 3.05) is 18.4 Å². The maximum Gasteiger partial charge on any atom is 0.511 e. The van der Waals surface area contributed by atoms with E-state index >= 15 is 0 Å². The van der Waals surface area contributed by atoms with Crippen LogP contribution >= 0.6 is 0 Å². The first-order valence-corrected chi connectivity index (χ1v) is 9.21. The molecule has 0 aliphatic carbocycles. The maximum atomic E-state index is 12.6. The molecule has 0 aromatic carbocycles. The number of anilines is 1. The number of aromatic amines is 1. The van der Waals surface area contributed by atoms with E-state index in [1.54, 1.807) is 13.0 Å². The summed E-state index contributed by atoms with van der Waals surface area (Å²) in [7, 11) is -5.30. The normalized spacial score (nSPS) is 17.5. The highest BCUT2D eigenvalue weighted by Crippen LogP contribution is 2.29. The van der Waals surface area contributed by atoms with Gasteiger partial charge in [-0.15, -0.1) is 0 Å². The number of fused-ring (bicyclic) bond motifs is 1. The van der Waals surface area contributed by atoms with Crippen molar-refractivity contribution >= 4 is 27.0 Å². The number of pyridine rings is 1. The molecule has 12 heteroatoms. The predicted molar refractivity (Wildman–Crippen MR) is 88.1 cm³/mol. The minimum absolute atomic E-state index is 0.182. The average molecular weight is 391 g/mol. The molecule has 2 aromatic rings. The first-order chi connectivity index (χ1) is 12.1. The van der Waals surface area contributed by atoms with Gasteiger partial charge in [0, 0.05) is 36.3 Å². The topological polar surface area (TPSA) is 108 Å². The van der Waals surface area contributed by atoms with Crippen molar-refractivity contribution in [3.8, 4) is 0 Å². The van der Waals surface area contributed by atoms with Gasteiger partial charge in [0.05, 0.1) is 0 Å². The number of piperidine rings is 1. The minimum Gasteiger partial charge on any atom is -0.351 e. The van der Waals surface area contributed by atoms with Crippen LogP contribution in [0.5, 0.6) is 0 Å². The highest BCUT2D eigenvalue weighted by Gasteiger charge is 2.50. The number of H-pyrrole nitrogens is 1. The van der Waals surface area contributed by atoms with E-state index in [2.05, 4.69) is 20.3 Å². The summed E-state index contributed by atoms with van der Waals surface area (Å²) in [6.45, 7) is 1.17. The van der Waals surface area contributed by atoms with Crippen LogP contribution in [0.3, 0.4) is 0 Å². The Morgan fingerprint density at radius 1 is 1.31 bits per heavy atom. The average Bonchev–Trinajstić information content (AvgIpc) is 2.56. The molecule has 0 atom stereocenters. The fraction of sp³-hybridized carbons (Fsp3) is 0.500. The third-order valence-electron chi connectivity index (χ3n) is 4.20. The van der Waals surface area contributed by atoms with Crippen molar-refractivity contribution in [3.63, 3.8) is 0 Å². The van der Waals surface area contributed by atoms with E-state index in [0.29, 0.717) is 20.9 Å². The van der Waals surface area contributed by atoms with Crippen molar-refractivity contribution in [2.24, 2.45) is 0 Å². The zero-order chi connectivity index (χ0) is 19.1.